The van der Waals surface area contributed by atoms with Crippen molar-refractivity contribution < 1.29 is 4.42 Å². The topological polar surface area (TPSA) is 41.3 Å². The Hall–Kier alpha value is -1.40. The molecule has 2 aliphatic rings. The lowest BCUT2D eigenvalue weighted by molar-refractivity contribution is 0.188. The Bertz CT molecular complexity index is 857. The molecule has 1 saturated carbocycles. The van der Waals surface area contributed by atoms with Crippen LogP contribution in [0.5, 0.6) is 0 Å². The number of nitrogens with zero attached hydrogens (tertiary/aromatic N) is 2. The van der Waals surface area contributed by atoms with Crippen LogP contribution < -0.4 is 5.32 Å². The molecule has 0 bridgehead atoms. The van der Waals surface area contributed by atoms with Crippen LogP contribution >= 0.6 is 23.7 Å². The number of rotatable bonds is 5. The van der Waals surface area contributed by atoms with Crippen LogP contribution in [-0.4, -0.2) is 29.0 Å². The molecule has 3 aromatic rings. The van der Waals surface area contributed by atoms with E-state index in [0.29, 0.717) is 11.5 Å². The quantitative estimate of drug-likeness (QED) is 0.699. The number of furan rings is 1. The number of hydrogen-bond donors (Lipinski definition) is 1. The predicted molar refractivity (Wildman–Crippen MR) is 108 cm³/mol. The highest BCUT2D eigenvalue weighted by molar-refractivity contribution is 7.09. The zero-order chi connectivity index (χ0) is 16.7. The zero-order valence-corrected chi connectivity index (χ0v) is 16.3. The van der Waals surface area contributed by atoms with Crippen molar-refractivity contribution >= 4 is 34.7 Å². The van der Waals surface area contributed by atoms with Gasteiger partial charge in [0.1, 0.15) is 10.6 Å². The Morgan fingerprint density at radius 3 is 2.88 bits per heavy atom. The molecule has 1 saturated heterocycles. The van der Waals surface area contributed by atoms with E-state index >= 15 is 0 Å². The summed E-state index contributed by atoms with van der Waals surface area (Å²) in [5.74, 6) is 0. The molecule has 138 valence electrons. The van der Waals surface area contributed by atoms with Crippen molar-refractivity contribution in [3.8, 4) is 0 Å². The lowest BCUT2D eigenvalue weighted by Gasteiger charge is -2.29. The monoisotopic (exact) mass is 389 g/mol. The molecule has 1 aliphatic carbocycles. The van der Waals surface area contributed by atoms with Crippen LogP contribution in [0.4, 0.5) is 0 Å². The standard InChI is InChI=1S/C20H23N3OS.ClH/c1-2-4-17-16(3-1)15(14-24-17)12-23(13-19-22-9-10-25-19)18-11-20(18)5-7-21-8-6-20;/h1-4,9-10,14,18,21H,5-8,11-13H2;1H. The Kier molecular flexibility index (Phi) is 5.06. The van der Waals surface area contributed by atoms with Gasteiger partial charge in [-0.25, -0.2) is 4.98 Å². The number of halogens is 1. The van der Waals surface area contributed by atoms with Gasteiger partial charge in [-0.2, -0.15) is 0 Å². The van der Waals surface area contributed by atoms with E-state index < -0.39 is 0 Å². The summed E-state index contributed by atoms with van der Waals surface area (Å²) in [6, 6.07) is 9.02. The van der Waals surface area contributed by atoms with E-state index in [4.69, 9.17) is 4.42 Å². The molecule has 2 aromatic heterocycles. The first-order valence-electron chi connectivity index (χ1n) is 9.12. The second-order valence-electron chi connectivity index (χ2n) is 7.42. The number of para-hydroxylation sites is 1. The van der Waals surface area contributed by atoms with Crippen molar-refractivity contribution in [3.63, 3.8) is 0 Å². The Morgan fingerprint density at radius 2 is 2.08 bits per heavy atom. The predicted octanol–water partition coefficient (Wildman–Crippen LogP) is 4.46. The highest BCUT2D eigenvalue weighted by atomic mass is 35.5. The lowest BCUT2D eigenvalue weighted by atomic mass is 9.93. The van der Waals surface area contributed by atoms with E-state index in [0.717, 1.165) is 31.8 Å². The van der Waals surface area contributed by atoms with E-state index in [9.17, 15) is 0 Å². The molecule has 6 heteroatoms. The number of thiazole rings is 1. The van der Waals surface area contributed by atoms with Gasteiger partial charge < -0.3 is 9.73 Å². The molecule has 1 aliphatic heterocycles. The highest BCUT2D eigenvalue weighted by Crippen LogP contribution is 2.56. The Balaban J connectivity index is 0.00000168. The van der Waals surface area contributed by atoms with Crippen LogP contribution in [0.1, 0.15) is 29.8 Å². The highest BCUT2D eigenvalue weighted by Gasteiger charge is 2.56. The van der Waals surface area contributed by atoms with E-state index in [1.807, 2.05) is 18.5 Å². The molecule has 1 unspecified atom stereocenters. The maximum Gasteiger partial charge on any atom is 0.134 e. The van der Waals surface area contributed by atoms with Gasteiger partial charge in [-0.15, -0.1) is 23.7 Å². The molecule has 0 amide bonds. The summed E-state index contributed by atoms with van der Waals surface area (Å²) in [6.45, 7) is 4.21. The van der Waals surface area contributed by atoms with Gasteiger partial charge in [0.2, 0.25) is 0 Å². The van der Waals surface area contributed by atoms with Gasteiger partial charge in [-0.3, -0.25) is 4.90 Å². The molecule has 1 atom stereocenters. The van der Waals surface area contributed by atoms with E-state index in [2.05, 4.69) is 38.8 Å². The van der Waals surface area contributed by atoms with Crippen LogP contribution in [-0.2, 0) is 13.1 Å². The maximum absolute atomic E-state index is 5.77. The Morgan fingerprint density at radius 1 is 1.23 bits per heavy atom. The van der Waals surface area contributed by atoms with Crippen LogP contribution in [0.25, 0.3) is 11.0 Å². The molecular weight excluding hydrogens is 366 g/mol. The summed E-state index contributed by atoms with van der Waals surface area (Å²) in [7, 11) is 0. The van der Waals surface area contributed by atoms with Gasteiger partial charge in [0.05, 0.1) is 12.8 Å². The van der Waals surface area contributed by atoms with E-state index in [1.165, 1.54) is 35.2 Å². The second-order valence-corrected chi connectivity index (χ2v) is 8.40. The third-order valence-electron chi connectivity index (χ3n) is 5.94. The molecule has 4 nitrogen and oxygen atoms in total. The number of piperidine rings is 1. The third-order valence-corrected chi connectivity index (χ3v) is 6.71. The molecule has 1 aromatic carbocycles. The maximum atomic E-state index is 5.77. The van der Waals surface area contributed by atoms with Crippen LogP contribution in [0.3, 0.4) is 0 Å². The molecule has 0 radical (unpaired) electrons. The zero-order valence-electron chi connectivity index (χ0n) is 14.7. The van der Waals surface area contributed by atoms with Crippen molar-refractivity contribution in [1.29, 1.82) is 0 Å². The fraction of sp³-hybridized carbons (Fsp3) is 0.450. The van der Waals surface area contributed by atoms with Crippen LogP contribution in [0, 0.1) is 5.41 Å². The van der Waals surface area contributed by atoms with E-state index in [1.54, 1.807) is 11.3 Å². The minimum atomic E-state index is 0. The normalized spacial score (nSPS) is 21.2. The van der Waals surface area contributed by atoms with Crippen molar-refractivity contribution in [2.45, 2.75) is 38.4 Å². The largest absolute Gasteiger partial charge is 0.464 e. The summed E-state index contributed by atoms with van der Waals surface area (Å²) in [5, 5.41) is 8.04. The number of benzene rings is 1. The minimum Gasteiger partial charge on any atom is -0.464 e. The van der Waals surface area contributed by atoms with Crippen molar-refractivity contribution in [3.05, 3.63) is 52.7 Å². The first kappa shape index (κ1) is 18.0. The van der Waals surface area contributed by atoms with Crippen molar-refractivity contribution in [2.24, 2.45) is 5.41 Å². The third kappa shape index (κ3) is 3.29. The molecule has 2 fully saturated rings. The Labute approximate surface area is 164 Å². The van der Waals surface area contributed by atoms with E-state index in [-0.39, 0.29) is 12.4 Å². The summed E-state index contributed by atoms with van der Waals surface area (Å²) >= 11 is 1.76. The first-order chi connectivity index (χ1) is 12.3. The van der Waals surface area contributed by atoms with Gasteiger partial charge in [0, 0.05) is 35.1 Å². The minimum absolute atomic E-state index is 0. The molecule has 1 spiro atoms. The number of hydrogen-bond acceptors (Lipinski definition) is 5. The molecule has 1 N–H and O–H groups in total. The fourth-order valence-corrected chi connectivity index (χ4v) is 5.10. The van der Waals surface area contributed by atoms with Gasteiger partial charge >= 0.3 is 0 Å². The fourth-order valence-electron chi connectivity index (χ4n) is 4.46. The van der Waals surface area contributed by atoms with Crippen LogP contribution in [0.2, 0.25) is 0 Å². The van der Waals surface area contributed by atoms with Gasteiger partial charge in [0.15, 0.2) is 0 Å². The summed E-state index contributed by atoms with van der Waals surface area (Å²) < 4.78 is 5.77. The SMILES string of the molecule is Cl.c1ccc2c(CN(Cc3nccs3)C3CC34CCNCC4)coc2c1. The summed E-state index contributed by atoms with van der Waals surface area (Å²) in [6.07, 6.45) is 7.79. The average Bonchev–Trinajstić information content (AvgIpc) is 3.03. The van der Waals surface area contributed by atoms with Crippen molar-refractivity contribution in [1.82, 2.24) is 15.2 Å². The smallest absolute Gasteiger partial charge is 0.134 e. The van der Waals surface area contributed by atoms with Gasteiger partial charge in [-0.05, 0) is 43.8 Å². The van der Waals surface area contributed by atoms with Crippen molar-refractivity contribution in [2.75, 3.05) is 13.1 Å². The van der Waals surface area contributed by atoms with Gasteiger partial charge in [-0.1, -0.05) is 18.2 Å². The number of nitrogens with one attached hydrogen (secondary N) is 1. The first-order valence-corrected chi connectivity index (χ1v) is 10.0. The molecule has 5 rings (SSSR count). The molecular formula is C20H24ClN3OS. The van der Waals surface area contributed by atoms with Crippen LogP contribution in [0.15, 0.2) is 46.5 Å². The number of fused-ring (bicyclic) bond motifs is 1. The number of aromatic nitrogens is 1. The average molecular weight is 390 g/mol. The van der Waals surface area contributed by atoms with Gasteiger partial charge in [0.25, 0.3) is 0 Å². The summed E-state index contributed by atoms with van der Waals surface area (Å²) in [4.78, 5) is 7.17. The molecule has 3 heterocycles. The summed E-state index contributed by atoms with van der Waals surface area (Å²) in [5.41, 5.74) is 2.81. The second kappa shape index (κ2) is 7.31. The molecule has 26 heavy (non-hydrogen) atoms. The lowest BCUT2D eigenvalue weighted by Crippen LogP contribution is -2.35.